The number of aromatic nitrogens is 5. The van der Waals surface area contributed by atoms with Crippen LogP contribution in [0.25, 0.3) is 28.2 Å². The van der Waals surface area contributed by atoms with Crippen molar-refractivity contribution in [3.05, 3.63) is 57.4 Å². The van der Waals surface area contributed by atoms with Crippen LogP contribution in [0.3, 0.4) is 0 Å². The van der Waals surface area contributed by atoms with Gasteiger partial charge in [-0.05, 0) is 19.7 Å². The molecule has 8 heteroatoms. The fourth-order valence-electron chi connectivity index (χ4n) is 3.16. The molecule has 0 fully saturated rings. The van der Waals surface area contributed by atoms with E-state index < -0.39 is 11.2 Å². The zero-order valence-electron chi connectivity index (χ0n) is 14.9. The van der Waals surface area contributed by atoms with Gasteiger partial charge in [0.15, 0.2) is 11.2 Å². The second-order valence-corrected chi connectivity index (χ2v) is 6.61. The second-order valence-electron chi connectivity index (χ2n) is 6.61. The van der Waals surface area contributed by atoms with Crippen molar-refractivity contribution in [3.8, 4) is 11.3 Å². The number of hydrogen-bond donors (Lipinski definition) is 1. The predicted octanol–water partition coefficient (Wildman–Crippen LogP) is 0.905. The average molecular weight is 352 g/mol. The fourth-order valence-corrected chi connectivity index (χ4v) is 3.16. The Morgan fingerprint density at radius 1 is 1.15 bits per heavy atom. The van der Waals surface area contributed by atoms with Gasteiger partial charge in [0.2, 0.25) is 5.78 Å². The molecule has 0 saturated heterocycles. The molecule has 3 aromatic heterocycles. The topological polar surface area (TPSA) is 80.3 Å². The molecule has 26 heavy (non-hydrogen) atoms. The number of aromatic amines is 1. The van der Waals surface area contributed by atoms with Crippen LogP contribution < -0.4 is 11.2 Å². The normalized spacial score (nSPS) is 11.8. The van der Waals surface area contributed by atoms with E-state index in [-0.39, 0.29) is 0 Å². The van der Waals surface area contributed by atoms with E-state index in [1.807, 2.05) is 50.6 Å². The molecular formula is C18H20N6O2. The number of nitrogens with zero attached hydrogens (tertiary/aromatic N) is 5. The highest BCUT2D eigenvalue weighted by atomic mass is 16.2. The van der Waals surface area contributed by atoms with Gasteiger partial charge in [-0.15, -0.1) is 0 Å². The predicted molar refractivity (Wildman–Crippen MR) is 101 cm³/mol. The molecule has 1 aromatic carbocycles. The van der Waals surface area contributed by atoms with E-state index in [0.717, 1.165) is 17.8 Å². The highest BCUT2D eigenvalue weighted by Gasteiger charge is 2.19. The Morgan fingerprint density at radius 2 is 1.88 bits per heavy atom. The van der Waals surface area contributed by atoms with Crippen LogP contribution in [0, 0.1) is 0 Å². The number of imidazole rings is 2. The van der Waals surface area contributed by atoms with E-state index in [9.17, 15) is 9.59 Å². The average Bonchev–Trinajstić information content (AvgIpc) is 3.15. The van der Waals surface area contributed by atoms with Crippen LogP contribution >= 0.6 is 0 Å². The molecule has 0 saturated carbocycles. The number of aryl methyl sites for hydroxylation is 1. The minimum Gasteiger partial charge on any atom is -0.308 e. The van der Waals surface area contributed by atoms with Gasteiger partial charge >= 0.3 is 5.69 Å². The second kappa shape index (κ2) is 5.99. The van der Waals surface area contributed by atoms with Gasteiger partial charge in [-0.25, -0.2) is 4.79 Å². The smallest absolute Gasteiger partial charge is 0.308 e. The van der Waals surface area contributed by atoms with Crippen molar-refractivity contribution in [2.24, 2.45) is 7.05 Å². The van der Waals surface area contributed by atoms with E-state index >= 15 is 0 Å². The summed E-state index contributed by atoms with van der Waals surface area (Å²) in [5.41, 5.74) is 1.89. The molecule has 3 heterocycles. The Kier molecular flexibility index (Phi) is 3.77. The van der Waals surface area contributed by atoms with E-state index in [1.54, 1.807) is 11.4 Å². The van der Waals surface area contributed by atoms with Crippen LogP contribution in [0.2, 0.25) is 0 Å². The van der Waals surface area contributed by atoms with Crippen molar-refractivity contribution in [2.45, 2.75) is 6.54 Å². The van der Waals surface area contributed by atoms with Gasteiger partial charge in [0, 0.05) is 26.3 Å². The lowest BCUT2D eigenvalue weighted by molar-refractivity contribution is 0.387. The van der Waals surface area contributed by atoms with Crippen molar-refractivity contribution in [1.82, 2.24) is 28.4 Å². The molecule has 8 nitrogen and oxygen atoms in total. The van der Waals surface area contributed by atoms with Crippen LogP contribution in [0.1, 0.15) is 0 Å². The van der Waals surface area contributed by atoms with E-state index in [2.05, 4.69) is 19.4 Å². The monoisotopic (exact) mass is 352 g/mol. The third-order valence-corrected chi connectivity index (χ3v) is 4.56. The Labute approximate surface area is 148 Å². The number of likely N-dealkylation sites (N-methyl/N-ethyl adjacent to an activating group) is 1. The summed E-state index contributed by atoms with van der Waals surface area (Å²) >= 11 is 0. The van der Waals surface area contributed by atoms with Crippen molar-refractivity contribution in [2.75, 3.05) is 20.6 Å². The summed E-state index contributed by atoms with van der Waals surface area (Å²) in [4.78, 5) is 33.3. The molecule has 0 aliphatic carbocycles. The van der Waals surface area contributed by atoms with E-state index in [1.165, 1.54) is 4.57 Å². The summed E-state index contributed by atoms with van der Waals surface area (Å²) in [6.45, 7) is 1.53. The summed E-state index contributed by atoms with van der Waals surface area (Å²) in [7, 11) is 5.63. The minimum atomic E-state index is -0.466. The highest BCUT2D eigenvalue weighted by Crippen LogP contribution is 2.25. The quantitative estimate of drug-likeness (QED) is 0.592. The van der Waals surface area contributed by atoms with E-state index in [0.29, 0.717) is 23.5 Å². The summed E-state index contributed by atoms with van der Waals surface area (Å²) < 4.78 is 5.22. The Hall–Kier alpha value is -3.13. The molecule has 134 valence electrons. The molecule has 0 atom stereocenters. The van der Waals surface area contributed by atoms with Gasteiger partial charge in [-0.2, -0.15) is 4.98 Å². The van der Waals surface area contributed by atoms with E-state index in [4.69, 9.17) is 0 Å². The van der Waals surface area contributed by atoms with Crippen LogP contribution in [-0.2, 0) is 13.6 Å². The van der Waals surface area contributed by atoms with Crippen molar-refractivity contribution < 1.29 is 0 Å². The van der Waals surface area contributed by atoms with Crippen LogP contribution in [0.15, 0.2) is 46.1 Å². The molecule has 0 radical (unpaired) electrons. The maximum absolute atomic E-state index is 12.4. The number of nitrogens with one attached hydrogen (secondary N) is 1. The Morgan fingerprint density at radius 3 is 2.58 bits per heavy atom. The number of fused-ring (bicyclic) bond motifs is 3. The molecule has 0 bridgehead atoms. The number of hydrogen-bond acceptors (Lipinski definition) is 4. The molecule has 1 N–H and O–H groups in total. The third kappa shape index (κ3) is 2.46. The summed E-state index contributed by atoms with van der Waals surface area (Å²) in [5.74, 6) is 0.646. The maximum atomic E-state index is 12.4. The summed E-state index contributed by atoms with van der Waals surface area (Å²) in [5, 5.41) is 0. The lowest BCUT2D eigenvalue weighted by atomic mass is 10.2. The van der Waals surface area contributed by atoms with Crippen LogP contribution in [-0.4, -0.2) is 49.0 Å². The molecular weight excluding hydrogens is 332 g/mol. The van der Waals surface area contributed by atoms with Gasteiger partial charge in [0.05, 0.1) is 5.69 Å². The minimum absolute atomic E-state index is 0.378. The Balaban J connectivity index is 2.06. The first kappa shape index (κ1) is 16.3. The first-order valence-corrected chi connectivity index (χ1v) is 8.38. The largest absolute Gasteiger partial charge is 0.329 e. The SMILES string of the molecule is CN(C)CCn1c(-c2ccccc2)cn2c3c(=O)[nH]c(=O)n(C)c3nc12. The lowest BCUT2D eigenvalue weighted by Gasteiger charge is -2.13. The molecule has 4 aromatic rings. The zero-order valence-corrected chi connectivity index (χ0v) is 14.9. The number of rotatable bonds is 4. The van der Waals surface area contributed by atoms with Gasteiger partial charge < -0.3 is 9.47 Å². The standard InChI is InChI=1S/C18H20N6O2/c1-21(2)9-10-23-13(12-7-5-4-6-8-12)11-24-14-15(19-17(23)24)22(3)18(26)20-16(14)25/h4-8,11H,9-10H2,1-3H3,(H,20,25,26). The Bertz CT molecular complexity index is 1210. The molecule has 0 spiro atoms. The highest BCUT2D eigenvalue weighted by molar-refractivity contribution is 5.77. The molecule has 0 amide bonds. The van der Waals surface area contributed by atoms with Crippen molar-refractivity contribution in [3.63, 3.8) is 0 Å². The summed E-state index contributed by atoms with van der Waals surface area (Å²) in [6.07, 6.45) is 1.91. The van der Waals surface area contributed by atoms with Crippen molar-refractivity contribution in [1.29, 1.82) is 0 Å². The zero-order chi connectivity index (χ0) is 18.4. The summed E-state index contributed by atoms with van der Waals surface area (Å²) in [6, 6.07) is 10.00. The first-order valence-electron chi connectivity index (χ1n) is 8.38. The van der Waals surface area contributed by atoms with Gasteiger partial charge in [-0.1, -0.05) is 30.3 Å². The van der Waals surface area contributed by atoms with Crippen molar-refractivity contribution >= 4 is 16.9 Å². The van der Waals surface area contributed by atoms with Crippen LogP contribution in [0.5, 0.6) is 0 Å². The fraction of sp³-hybridized carbons (Fsp3) is 0.278. The van der Waals surface area contributed by atoms with Crippen LogP contribution in [0.4, 0.5) is 0 Å². The van der Waals surface area contributed by atoms with Gasteiger partial charge in [0.25, 0.3) is 5.56 Å². The number of H-pyrrole nitrogens is 1. The molecule has 0 aliphatic heterocycles. The first-order chi connectivity index (χ1) is 12.5. The third-order valence-electron chi connectivity index (χ3n) is 4.56. The van der Waals surface area contributed by atoms with Gasteiger partial charge in [-0.3, -0.25) is 18.7 Å². The lowest BCUT2D eigenvalue weighted by Crippen LogP contribution is -2.28. The van der Waals surface area contributed by atoms with Gasteiger partial charge in [0.1, 0.15) is 0 Å². The number of benzene rings is 1. The molecule has 0 aliphatic rings. The molecule has 4 rings (SSSR count). The molecule has 0 unspecified atom stereocenters. The maximum Gasteiger partial charge on any atom is 0.329 e.